The quantitative estimate of drug-likeness (QED) is 0.185. The number of fused-ring (bicyclic) bond motifs is 2. The summed E-state index contributed by atoms with van der Waals surface area (Å²) in [5.41, 5.74) is 7.58. The van der Waals surface area contributed by atoms with Crippen LogP contribution in [0.5, 0.6) is 0 Å². The van der Waals surface area contributed by atoms with E-state index in [9.17, 15) is 4.79 Å². The number of benzene rings is 2. The van der Waals surface area contributed by atoms with Crippen molar-refractivity contribution in [2.45, 2.75) is 19.0 Å². The molecule has 2 N–H and O–H groups in total. The number of amides is 1. The Morgan fingerprint density at radius 3 is 1.82 bits per heavy atom. The minimum Gasteiger partial charge on any atom is -0.377 e. The second-order valence-electron chi connectivity index (χ2n) is 10.0. The first-order chi connectivity index (χ1) is 19.1. The number of thioether (sulfide) groups is 1. The van der Waals surface area contributed by atoms with Crippen LogP contribution in [0.25, 0.3) is 21.8 Å². The van der Waals surface area contributed by atoms with Gasteiger partial charge < -0.3 is 20.4 Å². The summed E-state index contributed by atoms with van der Waals surface area (Å²) in [6.45, 7) is 3.97. The summed E-state index contributed by atoms with van der Waals surface area (Å²) in [6.07, 6.45) is 1.88. The predicted octanol–water partition coefficient (Wildman–Crippen LogP) is 6.04. The van der Waals surface area contributed by atoms with Gasteiger partial charge >= 0.3 is 0 Å². The van der Waals surface area contributed by atoms with Crippen LogP contribution in [0.15, 0.2) is 59.8 Å². The molecule has 5 aromatic rings. The van der Waals surface area contributed by atoms with E-state index in [2.05, 4.69) is 41.5 Å². The van der Waals surface area contributed by atoms with Gasteiger partial charge in [-0.1, -0.05) is 11.8 Å². The van der Waals surface area contributed by atoms with Gasteiger partial charge in [-0.05, 0) is 68.6 Å². The van der Waals surface area contributed by atoms with E-state index in [1.807, 2.05) is 95.7 Å². The van der Waals surface area contributed by atoms with Gasteiger partial charge in [0.15, 0.2) is 5.16 Å². The first kappa shape index (κ1) is 27.1. The molecule has 0 aliphatic heterocycles. The van der Waals surface area contributed by atoms with Gasteiger partial charge in [-0.15, -0.1) is 0 Å². The molecule has 0 fully saturated rings. The van der Waals surface area contributed by atoms with Crippen LogP contribution in [0.4, 0.5) is 28.6 Å². The second kappa shape index (κ2) is 11.0. The van der Waals surface area contributed by atoms with Crippen molar-refractivity contribution in [3.05, 3.63) is 71.7 Å². The highest BCUT2D eigenvalue weighted by Crippen LogP contribution is 2.30. The molecule has 0 unspecified atom stereocenters. The zero-order chi connectivity index (χ0) is 28.6. The summed E-state index contributed by atoms with van der Waals surface area (Å²) in [6, 6.07) is 17.5. The Bertz CT molecular complexity index is 1750. The van der Waals surface area contributed by atoms with Crippen molar-refractivity contribution in [1.29, 1.82) is 0 Å². The van der Waals surface area contributed by atoms with Crippen LogP contribution in [-0.4, -0.2) is 60.3 Å². The van der Waals surface area contributed by atoms with Crippen LogP contribution >= 0.6 is 11.8 Å². The molecule has 0 radical (unpaired) electrons. The Morgan fingerprint density at radius 2 is 1.27 bits per heavy atom. The lowest BCUT2D eigenvalue weighted by Gasteiger charge is -2.17. The van der Waals surface area contributed by atoms with Gasteiger partial charge in [0.05, 0.1) is 11.0 Å². The summed E-state index contributed by atoms with van der Waals surface area (Å²) < 4.78 is 0. The molecule has 3 heterocycles. The zero-order valence-electron chi connectivity index (χ0n) is 23.7. The fourth-order valence-electron chi connectivity index (χ4n) is 4.61. The van der Waals surface area contributed by atoms with E-state index in [0.717, 1.165) is 50.3 Å². The highest BCUT2D eigenvalue weighted by molar-refractivity contribution is 7.98. The summed E-state index contributed by atoms with van der Waals surface area (Å²) in [5.74, 6) is 0.211. The number of rotatable bonds is 7. The molecule has 5 rings (SSSR count). The van der Waals surface area contributed by atoms with Crippen molar-refractivity contribution < 1.29 is 4.79 Å². The molecule has 0 spiro atoms. The topological polar surface area (TPSA) is 99.2 Å². The molecule has 40 heavy (non-hydrogen) atoms. The Hall–Kier alpha value is -4.44. The number of carbonyl (C=O) groups excluding carboxylic acids is 1. The van der Waals surface area contributed by atoms with Gasteiger partial charge in [-0.25, -0.2) is 9.97 Å². The first-order valence-electron chi connectivity index (χ1n) is 12.8. The van der Waals surface area contributed by atoms with Crippen molar-refractivity contribution in [3.63, 3.8) is 0 Å². The minimum absolute atomic E-state index is 0.267. The maximum absolute atomic E-state index is 13.3. The molecule has 0 aliphatic rings. The number of aryl methyl sites for hydroxylation is 2. The molecule has 3 aromatic heterocycles. The molecular weight excluding hydrogens is 520 g/mol. The summed E-state index contributed by atoms with van der Waals surface area (Å²) >= 11 is 1.38. The van der Waals surface area contributed by atoms with Gasteiger partial charge in [0.1, 0.15) is 11.5 Å². The van der Waals surface area contributed by atoms with Gasteiger partial charge in [-0.2, -0.15) is 0 Å². The number of aromatic nitrogens is 4. The zero-order valence-corrected chi connectivity index (χ0v) is 24.5. The summed E-state index contributed by atoms with van der Waals surface area (Å²) in [5, 5.41) is 8.83. The SMILES string of the molecule is CSc1nc(Nc2ccc3nc(C)cc(N(C)C)c3c2)cc(C(=O)Nc2ccc3nc(C)cc(N(C)C)c3c2)n1. The predicted molar refractivity (Wildman–Crippen MR) is 167 cm³/mol. The van der Waals surface area contributed by atoms with Gasteiger partial charge in [0, 0.05) is 79.2 Å². The molecule has 9 nitrogen and oxygen atoms in total. The Morgan fingerprint density at radius 1 is 0.725 bits per heavy atom. The fourth-order valence-corrected chi connectivity index (χ4v) is 4.99. The average molecular weight is 553 g/mol. The minimum atomic E-state index is -0.320. The summed E-state index contributed by atoms with van der Waals surface area (Å²) in [4.78, 5) is 35.8. The Balaban J connectivity index is 1.45. The maximum atomic E-state index is 13.3. The standard InChI is InChI=1S/C30H32N8OS/c1-17-12-26(37(3)4)21-14-19(8-10-23(21)31-17)33-28-16-25(35-30(36-28)40-7)29(39)34-20-9-11-24-22(15-20)27(38(5)6)13-18(2)32-24/h8-16H,1-7H3,(H,34,39)(H,33,35,36). The Labute approximate surface area is 238 Å². The monoisotopic (exact) mass is 552 g/mol. The van der Waals surface area contributed by atoms with E-state index in [1.165, 1.54) is 11.8 Å². The fraction of sp³-hybridized carbons (Fsp3) is 0.233. The molecule has 10 heteroatoms. The lowest BCUT2D eigenvalue weighted by atomic mass is 10.1. The van der Waals surface area contributed by atoms with E-state index >= 15 is 0 Å². The molecule has 0 atom stereocenters. The third-order valence-corrected chi connectivity index (χ3v) is 6.99. The summed E-state index contributed by atoms with van der Waals surface area (Å²) in [7, 11) is 8.02. The number of hydrogen-bond donors (Lipinski definition) is 2. The van der Waals surface area contributed by atoms with E-state index in [1.54, 1.807) is 6.07 Å². The number of nitrogens with one attached hydrogen (secondary N) is 2. The van der Waals surface area contributed by atoms with Crippen molar-refractivity contribution in [2.75, 3.05) is 54.9 Å². The van der Waals surface area contributed by atoms with Crippen LogP contribution < -0.4 is 20.4 Å². The third kappa shape index (κ3) is 5.62. The van der Waals surface area contributed by atoms with Gasteiger partial charge in [0.25, 0.3) is 5.91 Å². The third-order valence-electron chi connectivity index (χ3n) is 6.44. The molecule has 2 aromatic carbocycles. The molecular formula is C30H32N8OS. The van der Waals surface area contributed by atoms with Crippen molar-refractivity contribution in [3.8, 4) is 0 Å². The van der Waals surface area contributed by atoms with Crippen molar-refractivity contribution in [2.24, 2.45) is 0 Å². The van der Waals surface area contributed by atoms with Crippen LogP contribution in [0.1, 0.15) is 21.9 Å². The largest absolute Gasteiger partial charge is 0.377 e. The van der Waals surface area contributed by atoms with Gasteiger partial charge in [-0.3, -0.25) is 14.8 Å². The maximum Gasteiger partial charge on any atom is 0.274 e. The number of carbonyl (C=O) groups is 1. The van der Waals surface area contributed by atoms with Crippen molar-refractivity contribution >= 4 is 68.0 Å². The van der Waals surface area contributed by atoms with E-state index in [-0.39, 0.29) is 11.6 Å². The second-order valence-corrected chi connectivity index (χ2v) is 10.8. The molecule has 0 aliphatic carbocycles. The molecule has 0 saturated heterocycles. The number of hydrogen-bond acceptors (Lipinski definition) is 9. The number of nitrogens with zero attached hydrogens (tertiary/aromatic N) is 6. The average Bonchev–Trinajstić information content (AvgIpc) is 2.92. The van der Waals surface area contributed by atoms with E-state index in [4.69, 9.17) is 0 Å². The molecule has 0 bridgehead atoms. The lowest BCUT2D eigenvalue weighted by molar-refractivity contribution is 0.102. The van der Waals surface area contributed by atoms with E-state index in [0.29, 0.717) is 16.7 Å². The number of pyridine rings is 2. The normalized spacial score (nSPS) is 11.1. The lowest BCUT2D eigenvalue weighted by Crippen LogP contribution is -2.15. The molecule has 204 valence electrons. The molecule has 0 saturated carbocycles. The smallest absolute Gasteiger partial charge is 0.274 e. The van der Waals surface area contributed by atoms with Gasteiger partial charge in [0.2, 0.25) is 0 Å². The first-order valence-corrected chi connectivity index (χ1v) is 14.0. The van der Waals surface area contributed by atoms with Crippen LogP contribution in [0, 0.1) is 13.8 Å². The molecule has 1 amide bonds. The highest BCUT2D eigenvalue weighted by Gasteiger charge is 2.15. The van der Waals surface area contributed by atoms with Crippen molar-refractivity contribution in [1.82, 2.24) is 19.9 Å². The van der Waals surface area contributed by atoms with E-state index < -0.39 is 0 Å². The van der Waals surface area contributed by atoms with Crippen LogP contribution in [0.3, 0.4) is 0 Å². The Kier molecular flexibility index (Phi) is 7.44. The number of anilines is 5. The van der Waals surface area contributed by atoms with Crippen LogP contribution in [0.2, 0.25) is 0 Å². The highest BCUT2D eigenvalue weighted by atomic mass is 32.2. The van der Waals surface area contributed by atoms with Crippen LogP contribution in [-0.2, 0) is 0 Å².